The highest BCUT2D eigenvalue weighted by atomic mass is 19.1. The zero-order valence-electron chi connectivity index (χ0n) is 10.4. The van der Waals surface area contributed by atoms with Gasteiger partial charge in [-0.3, -0.25) is 0 Å². The van der Waals surface area contributed by atoms with Crippen LogP contribution in [-0.2, 0) is 4.79 Å². The maximum atomic E-state index is 13.4. The molecule has 0 bridgehead atoms. The second kappa shape index (κ2) is 5.17. The first-order valence-electron chi connectivity index (χ1n) is 5.73. The van der Waals surface area contributed by atoms with Crippen molar-refractivity contribution in [3.63, 3.8) is 0 Å². The Bertz CT molecular complexity index is 414. The van der Waals surface area contributed by atoms with Gasteiger partial charge in [0.1, 0.15) is 11.4 Å². The molecule has 0 aliphatic rings. The van der Waals surface area contributed by atoms with E-state index in [2.05, 4.69) is 5.32 Å². The number of rotatable bonds is 5. The molecule has 0 fully saturated rings. The largest absolute Gasteiger partial charge is 0.480 e. The molecule has 0 heterocycles. The molecule has 1 rings (SSSR count). The Balaban J connectivity index is 3.01. The van der Waals surface area contributed by atoms with Crippen molar-refractivity contribution in [2.75, 3.05) is 5.32 Å². The van der Waals surface area contributed by atoms with E-state index in [0.717, 1.165) is 0 Å². The van der Waals surface area contributed by atoms with Crippen molar-refractivity contribution in [3.05, 3.63) is 29.6 Å². The molecule has 0 unspecified atom stereocenters. The summed E-state index contributed by atoms with van der Waals surface area (Å²) in [6.07, 6.45) is 0.878. The molecule has 0 amide bonds. The fourth-order valence-electron chi connectivity index (χ4n) is 1.73. The molecular formula is C13H18FNO2. The molecule has 0 atom stereocenters. The lowest BCUT2D eigenvalue weighted by Crippen LogP contribution is -2.45. The Kier molecular flexibility index (Phi) is 4.10. The van der Waals surface area contributed by atoms with Gasteiger partial charge in [-0.1, -0.05) is 19.9 Å². The number of benzene rings is 1. The number of aryl methyl sites for hydroxylation is 1. The number of halogens is 1. The third kappa shape index (κ3) is 2.75. The van der Waals surface area contributed by atoms with Crippen LogP contribution in [-0.4, -0.2) is 16.6 Å². The van der Waals surface area contributed by atoms with Gasteiger partial charge in [-0.15, -0.1) is 0 Å². The van der Waals surface area contributed by atoms with Crippen LogP contribution in [0.4, 0.5) is 10.1 Å². The Morgan fingerprint density at radius 2 is 2.00 bits per heavy atom. The first kappa shape index (κ1) is 13.5. The predicted molar refractivity (Wildman–Crippen MR) is 65.7 cm³/mol. The molecule has 1 aromatic carbocycles. The monoisotopic (exact) mass is 239 g/mol. The van der Waals surface area contributed by atoms with Crippen molar-refractivity contribution in [1.82, 2.24) is 0 Å². The SMILES string of the molecule is CCC(CC)(Nc1ccc(C)c(F)c1)C(=O)O. The maximum Gasteiger partial charge on any atom is 0.329 e. The fourth-order valence-corrected chi connectivity index (χ4v) is 1.73. The zero-order chi connectivity index (χ0) is 13.1. The topological polar surface area (TPSA) is 49.3 Å². The smallest absolute Gasteiger partial charge is 0.329 e. The predicted octanol–water partition coefficient (Wildman–Crippen LogP) is 3.19. The third-order valence-corrected chi connectivity index (χ3v) is 3.17. The van der Waals surface area contributed by atoms with E-state index in [1.54, 1.807) is 32.9 Å². The lowest BCUT2D eigenvalue weighted by Gasteiger charge is -2.29. The van der Waals surface area contributed by atoms with Crippen LogP contribution in [0.25, 0.3) is 0 Å². The van der Waals surface area contributed by atoms with Gasteiger partial charge in [-0.05, 0) is 37.5 Å². The highest BCUT2D eigenvalue weighted by Crippen LogP contribution is 2.24. The summed E-state index contributed by atoms with van der Waals surface area (Å²) in [7, 11) is 0. The van der Waals surface area contributed by atoms with E-state index < -0.39 is 11.5 Å². The molecular weight excluding hydrogens is 221 g/mol. The van der Waals surface area contributed by atoms with E-state index in [4.69, 9.17) is 0 Å². The summed E-state index contributed by atoms with van der Waals surface area (Å²) in [5, 5.41) is 12.2. The molecule has 3 nitrogen and oxygen atoms in total. The van der Waals surface area contributed by atoms with Crippen molar-refractivity contribution in [3.8, 4) is 0 Å². The molecule has 0 aromatic heterocycles. The Morgan fingerprint density at radius 3 is 2.41 bits per heavy atom. The second-order valence-electron chi connectivity index (χ2n) is 4.18. The van der Waals surface area contributed by atoms with Gasteiger partial charge in [0.2, 0.25) is 0 Å². The molecule has 4 heteroatoms. The van der Waals surface area contributed by atoms with Gasteiger partial charge in [0.25, 0.3) is 0 Å². The van der Waals surface area contributed by atoms with E-state index in [-0.39, 0.29) is 5.82 Å². The third-order valence-electron chi connectivity index (χ3n) is 3.17. The average molecular weight is 239 g/mol. The van der Waals surface area contributed by atoms with Crippen LogP contribution in [0.1, 0.15) is 32.3 Å². The molecule has 94 valence electrons. The molecule has 2 N–H and O–H groups in total. The van der Waals surface area contributed by atoms with Crippen molar-refractivity contribution in [2.24, 2.45) is 0 Å². The van der Waals surface area contributed by atoms with Crippen molar-refractivity contribution in [1.29, 1.82) is 0 Å². The first-order valence-corrected chi connectivity index (χ1v) is 5.73. The minimum Gasteiger partial charge on any atom is -0.480 e. The maximum absolute atomic E-state index is 13.4. The van der Waals surface area contributed by atoms with Crippen molar-refractivity contribution in [2.45, 2.75) is 39.2 Å². The number of carboxylic acid groups (broad SMARTS) is 1. The summed E-state index contributed by atoms with van der Waals surface area (Å²) < 4.78 is 13.4. The molecule has 0 aliphatic heterocycles. The summed E-state index contributed by atoms with van der Waals surface area (Å²) in [6.45, 7) is 5.27. The lowest BCUT2D eigenvalue weighted by molar-refractivity contribution is -0.142. The molecule has 0 saturated heterocycles. The summed E-state index contributed by atoms with van der Waals surface area (Å²) in [6, 6.07) is 4.66. The molecule has 0 aliphatic carbocycles. The van der Waals surface area contributed by atoms with Crippen LogP contribution in [0.15, 0.2) is 18.2 Å². The van der Waals surface area contributed by atoms with Gasteiger partial charge < -0.3 is 10.4 Å². The second-order valence-corrected chi connectivity index (χ2v) is 4.18. The van der Waals surface area contributed by atoms with Gasteiger partial charge in [-0.2, -0.15) is 0 Å². The number of aliphatic carboxylic acids is 1. The van der Waals surface area contributed by atoms with Gasteiger partial charge >= 0.3 is 5.97 Å². The number of carboxylic acids is 1. The number of hydrogen-bond donors (Lipinski definition) is 2. The molecule has 0 saturated carbocycles. The van der Waals surface area contributed by atoms with Gasteiger partial charge in [0, 0.05) is 5.69 Å². The number of carbonyl (C=O) groups is 1. The average Bonchev–Trinajstić information content (AvgIpc) is 2.30. The number of hydrogen-bond acceptors (Lipinski definition) is 2. The first-order chi connectivity index (χ1) is 7.95. The summed E-state index contributed by atoms with van der Waals surface area (Å²) in [5.74, 6) is -1.25. The van der Waals surface area contributed by atoms with Crippen LogP contribution in [0.5, 0.6) is 0 Å². The van der Waals surface area contributed by atoms with Crippen LogP contribution in [0.3, 0.4) is 0 Å². The van der Waals surface area contributed by atoms with E-state index in [9.17, 15) is 14.3 Å². The normalized spacial score (nSPS) is 11.3. The minimum atomic E-state index is -1.03. The van der Waals surface area contributed by atoms with Crippen LogP contribution in [0.2, 0.25) is 0 Å². The molecule has 0 radical (unpaired) electrons. The number of anilines is 1. The summed E-state index contributed by atoms with van der Waals surface area (Å²) in [5.41, 5.74) is 0.0190. The van der Waals surface area contributed by atoms with Crippen molar-refractivity contribution >= 4 is 11.7 Å². The van der Waals surface area contributed by atoms with Crippen LogP contribution in [0, 0.1) is 12.7 Å². The van der Waals surface area contributed by atoms with Crippen LogP contribution < -0.4 is 5.32 Å². The molecule has 0 spiro atoms. The molecule has 1 aromatic rings. The van der Waals surface area contributed by atoms with Gasteiger partial charge in [0.15, 0.2) is 0 Å². The Hall–Kier alpha value is -1.58. The quantitative estimate of drug-likeness (QED) is 0.829. The van der Waals surface area contributed by atoms with E-state index >= 15 is 0 Å². The zero-order valence-corrected chi connectivity index (χ0v) is 10.4. The lowest BCUT2D eigenvalue weighted by atomic mass is 9.92. The highest BCUT2D eigenvalue weighted by molar-refractivity contribution is 5.82. The standard InChI is InChI=1S/C13H18FNO2/c1-4-13(5-2,12(16)17)15-10-7-6-9(3)11(14)8-10/h6-8,15H,4-5H2,1-3H3,(H,16,17). The fraction of sp³-hybridized carbons (Fsp3) is 0.462. The Morgan fingerprint density at radius 1 is 1.41 bits per heavy atom. The van der Waals surface area contributed by atoms with Gasteiger partial charge in [0.05, 0.1) is 0 Å². The summed E-state index contributed by atoms with van der Waals surface area (Å²) in [4.78, 5) is 11.3. The van der Waals surface area contributed by atoms with Crippen molar-refractivity contribution < 1.29 is 14.3 Å². The van der Waals surface area contributed by atoms with E-state index in [1.165, 1.54) is 6.07 Å². The van der Waals surface area contributed by atoms with Gasteiger partial charge in [-0.25, -0.2) is 9.18 Å². The van der Waals surface area contributed by atoms with E-state index in [0.29, 0.717) is 24.1 Å². The van der Waals surface area contributed by atoms with Crippen LogP contribution >= 0.6 is 0 Å². The minimum absolute atomic E-state index is 0.332. The Labute approximate surface area is 101 Å². The number of nitrogens with one attached hydrogen (secondary N) is 1. The summed E-state index contributed by atoms with van der Waals surface area (Å²) >= 11 is 0. The molecule has 17 heavy (non-hydrogen) atoms. The van der Waals surface area contributed by atoms with E-state index in [1.807, 2.05) is 0 Å². The highest BCUT2D eigenvalue weighted by Gasteiger charge is 2.34.